The van der Waals surface area contributed by atoms with Crippen LogP contribution in [0.3, 0.4) is 0 Å². The Kier molecular flexibility index (Phi) is 4.32. The minimum absolute atomic E-state index is 0.214. The third kappa shape index (κ3) is 3.36. The molecule has 0 aliphatic carbocycles. The van der Waals surface area contributed by atoms with Crippen LogP contribution in [0.25, 0.3) is 0 Å². The van der Waals surface area contributed by atoms with E-state index in [1.807, 2.05) is 18.0 Å². The van der Waals surface area contributed by atoms with Gasteiger partial charge in [0.1, 0.15) is 11.6 Å². The highest BCUT2D eigenvalue weighted by molar-refractivity contribution is 5.42. The van der Waals surface area contributed by atoms with E-state index >= 15 is 0 Å². The average molecular weight is 317 g/mol. The van der Waals surface area contributed by atoms with E-state index in [-0.39, 0.29) is 11.5 Å². The Morgan fingerprint density at radius 1 is 1.30 bits per heavy atom. The normalized spacial score (nSPS) is 13.8. The Balaban J connectivity index is 1.69. The number of fused-ring (bicyclic) bond motifs is 1. The van der Waals surface area contributed by atoms with Crippen molar-refractivity contribution in [3.05, 3.63) is 51.7 Å². The number of rotatable bonds is 4. The zero-order chi connectivity index (χ0) is 16.4. The number of aryl methyl sites for hydroxylation is 1. The van der Waals surface area contributed by atoms with Crippen LogP contribution in [0.1, 0.15) is 17.5 Å². The molecule has 0 fully saturated rings. The first-order valence-corrected chi connectivity index (χ1v) is 7.75. The van der Waals surface area contributed by atoms with E-state index in [1.165, 1.54) is 6.07 Å². The van der Waals surface area contributed by atoms with Crippen molar-refractivity contribution in [3.8, 4) is 5.88 Å². The summed E-state index contributed by atoms with van der Waals surface area (Å²) < 4.78 is 20.8. The lowest BCUT2D eigenvalue weighted by atomic mass is 10.1. The maximum atomic E-state index is 13.5. The zero-order valence-electron chi connectivity index (χ0n) is 13.4. The summed E-state index contributed by atoms with van der Waals surface area (Å²) in [5.41, 5.74) is 1.20. The molecule has 0 radical (unpaired) electrons. The molecule has 0 atom stereocenters. The van der Waals surface area contributed by atoms with Crippen LogP contribution in [0, 0.1) is 12.7 Å². The molecule has 0 bridgehead atoms. The Hall–Kier alpha value is -2.37. The average Bonchev–Trinajstić information content (AvgIpc) is 2.52. The highest BCUT2D eigenvalue weighted by Crippen LogP contribution is 2.20. The van der Waals surface area contributed by atoms with Gasteiger partial charge in [0, 0.05) is 32.6 Å². The second-order valence-corrected chi connectivity index (χ2v) is 5.84. The molecule has 3 rings (SSSR count). The van der Waals surface area contributed by atoms with Gasteiger partial charge in [-0.15, -0.1) is 0 Å². The number of hydrogen-bond donors (Lipinski definition) is 0. The van der Waals surface area contributed by atoms with Crippen LogP contribution in [-0.2, 0) is 13.0 Å². The van der Waals surface area contributed by atoms with Crippen molar-refractivity contribution in [1.82, 2.24) is 9.55 Å². The third-order valence-corrected chi connectivity index (χ3v) is 4.11. The quantitative estimate of drug-likeness (QED) is 0.867. The maximum absolute atomic E-state index is 13.5. The number of ether oxygens (including phenoxy) is 1. The van der Waals surface area contributed by atoms with Gasteiger partial charge in [0.2, 0.25) is 5.88 Å². The molecule has 2 heterocycles. The predicted molar refractivity (Wildman–Crippen MR) is 86.7 cm³/mol. The summed E-state index contributed by atoms with van der Waals surface area (Å²) in [5, 5.41) is 0. The van der Waals surface area contributed by atoms with Gasteiger partial charge in [0.05, 0.1) is 6.61 Å². The molecule has 0 N–H and O–H groups in total. The molecule has 1 aromatic carbocycles. The summed E-state index contributed by atoms with van der Waals surface area (Å²) in [7, 11) is 1.95. The van der Waals surface area contributed by atoms with E-state index in [2.05, 4.69) is 4.98 Å². The fraction of sp³-hybridized carbons (Fsp3) is 0.412. The van der Waals surface area contributed by atoms with E-state index < -0.39 is 0 Å². The molecule has 1 aliphatic rings. The molecule has 0 amide bonds. The molecule has 5 nitrogen and oxygen atoms in total. The van der Waals surface area contributed by atoms with Crippen molar-refractivity contribution in [2.75, 3.05) is 25.1 Å². The second kappa shape index (κ2) is 6.40. The van der Waals surface area contributed by atoms with Crippen molar-refractivity contribution < 1.29 is 9.13 Å². The Labute approximate surface area is 134 Å². The number of benzene rings is 1. The summed E-state index contributed by atoms with van der Waals surface area (Å²) >= 11 is 0. The number of halogens is 1. The summed E-state index contributed by atoms with van der Waals surface area (Å²) in [4.78, 5) is 18.0. The molecule has 6 heteroatoms. The van der Waals surface area contributed by atoms with Gasteiger partial charge in [-0.1, -0.05) is 12.1 Å². The predicted octanol–water partition coefficient (Wildman–Crippen LogP) is 2.15. The van der Waals surface area contributed by atoms with Crippen LogP contribution in [0.15, 0.2) is 29.1 Å². The van der Waals surface area contributed by atoms with Crippen molar-refractivity contribution in [2.45, 2.75) is 26.3 Å². The van der Waals surface area contributed by atoms with Crippen LogP contribution >= 0.6 is 0 Å². The SMILES string of the molecule is Cc1ccc(CCOc2cc3n(c(=O)n2)CCCN3C)cc1F. The summed E-state index contributed by atoms with van der Waals surface area (Å²) in [6.45, 7) is 3.68. The first-order chi connectivity index (χ1) is 11.0. The smallest absolute Gasteiger partial charge is 0.352 e. The molecular formula is C17H20FN3O2. The van der Waals surface area contributed by atoms with Crippen molar-refractivity contribution in [1.29, 1.82) is 0 Å². The van der Waals surface area contributed by atoms with Gasteiger partial charge in [-0.25, -0.2) is 9.18 Å². The number of hydrogen-bond acceptors (Lipinski definition) is 4. The molecule has 122 valence electrons. The van der Waals surface area contributed by atoms with Crippen LogP contribution in [0.2, 0.25) is 0 Å². The molecule has 0 saturated heterocycles. The van der Waals surface area contributed by atoms with Crippen LogP contribution in [0.5, 0.6) is 5.88 Å². The van der Waals surface area contributed by atoms with E-state index in [4.69, 9.17) is 4.74 Å². The molecule has 1 aliphatic heterocycles. The van der Waals surface area contributed by atoms with E-state index in [9.17, 15) is 9.18 Å². The fourth-order valence-electron chi connectivity index (χ4n) is 2.72. The molecule has 0 spiro atoms. The van der Waals surface area contributed by atoms with Gasteiger partial charge >= 0.3 is 5.69 Å². The summed E-state index contributed by atoms with van der Waals surface area (Å²) in [5.74, 6) is 0.935. The minimum Gasteiger partial charge on any atom is -0.477 e. The van der Waals surface area contributed by atoms with Crippen molar-refractivity contribution >= 4 is 5.82 Å². The molecule has 23 heavy (non-hydrogen) atoms. The molecular weight excluding hydrogens is 297 g/mol. The lowest BCUT2D eigenvalue weighted by molar-refractivity contribution is 0.305. The van der Waals surface area contributed by atoms with E-state index in [0.717, 1.165) is 24.3 Å². The van der Waals surface area contributed by atoms with Gasteiger partial charge in [0.15, 0.2) is 0 Å². The van der Waals surface area contributed by atoms with Crippen LogP contribution in [-0.4, -0.2) is 29.8 Å². The molecule has 0 saturated carbocycles. The fourth-order valence-corrected chi connectivity index (χ4v) is 2.72. The highest BCUT2D eigenvalue weighted by Gasteiger charge is 2.16. The number of nitrogens with zero attached hydrogens (tertiary/aromatic N) is 3. The van der Waals surface area contributed by atoms with Gasteiger partial charge in [-0.05, 0) is 30.5 Å². The Bertz CT molecular complexity index is 773. The maximum Gasteiger partial charge on any atom is 0.352 e. The standard InChI is InChI=1S/C17H20FN3O2/c1-12-4-5-13(10-14(12)18)6-9-23-15-11-16-20(2)7-3-8-21(16)17(22)19-15/h4-5,10-11H,3,6-9H2,1-2H3. The number of aromatic nitrogens is 2. The molecule has 1 aromatic heterocycles. The largest absolute Gasteiger partial charge is 0.477 e. The minimum atomic E-state index is -0.287. The Morgan fingerprint density at radius 2 is 2.13 bits per heavy atom. The van der Waals surface area contributed by atoms with Crippen molar-refractivity contribution in [3.63, 3.8) is 0 Å². The van der Waals surface area contributed by atoms with Gasteiger partial charge in [-0.2, -0.15) is 4.98 Å². The van der Waals surface area contributed by atoms with E-state index in [1.54, 1.807) is 23.6 Å². The summed E-state index contributed by atoms with van der Waals surface area (Å²) in [6.07, 6.45) is 1.50. The Morgan fingerprint density at radius 3 is 2.91 bits per heavy atom. The van der Waals surface area contributed by atoms with Crippen LogP contribution in [0.4, 0.5) is 10.2 Å². The lowest BCUT2D eigenvalue weighted by Crippen LogP contribution is -2.36. The van der Waals surface area contributed by atoms with Gasteiger partial charge < -0.3 is 9.64 Å². The number of anilines is 1. The topological polar surface area (TPSA) is 47.4 Å². The zero-order valence-corrected chi connectivity index (χ0v) is 13.4. The molecule has 0 unspecified atom stereocenters. The first-order valence-electron chi connectivity index (χ1n) is 7.75. The second-order valence-electron chi connectivity index (χ2n) is 5.84. The highest BCUT2D eigenvalue weighted by atomic mass is 19.1. The van der Waals surface area contributed by atoms with Gasteiger partial charge in [-0.3, -0.25) is 4.57 Å². The molecule has 2 aromatic rings. The third-order valence-electron chi connectivity index (χ3n) is 4.11. The first kappa shape index (κ1) is 15.5. The van der Waals surface area contributed by atoms with E-state index in [0.29, 0.717) is 31.0 Å². The van der Waals surface area contributed by atoms with Crippen molar-refractivity contribution in [2.24, 2.45) is 0 Å². The van der Waals surface area contributed by atoms with Gasteiger partial charge in [0.25, 0.3) is 0 Å². The lowest BCUT2D eigenvalue weighted by Gasteiger charge is -2.28. The summed E-state index contributed by atoms with van der Waals surface area (Å²) in [6, 6.07) is 6.94. The monoisotopic (exact) mass is 317 g/mol. The van der Waals surface area contributed by atoms with Crippen LogP contribution < -0.4 is 15.3 Å².